The second kappa shape index (κ2) is 7.21. The minimum absolute atomic E-state index is 0.302. The van der Waals surface area contributed by atoms with Crippen LogP contribution in [0.5, 0.6) is 0 Å². The molecule has 5 heteroatoms. The summed E-state index contributed by atoms with van der Waals surface area (Å²) in [6.07, 6.45) is -0.302. The first kappa shape index (κ1) is 14.0. The number of nitrogens with one attached hydrogen (secondary N) is 1. The van der Waals surface area contributed by atoms with Gasteiger partial charge in [-0.15, -0.1) is 11.3 Å². The van der Waals surface area contributed by atoms with Crippen LogP contribution in [0.15, 0.2) is 11.4 Å². The summed E-state index contributed by atoms with van der Waals surface area (Å²) in [5.41, 5.74) is 1.33. The van der Waals surface area contributed by atoms with Gasteiger partial charge in [-0.05, 0) is 23.9 Å². The first-order valence-electron chi connectivity index (χ1n) is 6.47. The number of aliphatic hydroxyl groups excluding tert-OH is 1. The van der Waals surface area contributed by atoms with Crippen molar-refractivity contribution in [3.05, 3.63) is 21.9 Å². The lowest BCUT2D eigenvalue weighted by atomic mass is 10.2. The Hall–Kier alpha value is -0.460. The molecule has 1 unspecified atom stereocenters. The van der Waals surface area contributed by atoms with Crippen LogP contribution in [0.1, 0.15) is 10.4 Å². The van der Waals surface area contributed by atoms with Gasteiger partial charge in [0.25, 0.3) is 0 Å². The number of hydrogen-bond acceptors (Lipinski definition) is 5. The zero-order valence-electron chi connectivity index (χ0n) is 10.9. The van der Waals surface area contributed by atoms with Crippen LogP contribution in [-0.2, 0) is 11.3 Å². The Labute approximate surface area is 113 Å². The molecule has 0 spiro atoms. The van der Waals surface area contributed by atoms with E-state index in [-0.39, 0.29) is 6.10 Å². The number of ether oxygens (including phenoxy) is 1. The first-order chi connectivity index (χ1) is 8.75. The second-order valence-corrected chi connectivity index (χ2v) is 5.73. The van der Waals surface area contributed by atoms with Gasteiger partial charge in [-0.3, -0.25) is 4.90 Å². The van der Waals surface area contributed by atoms with E-state index in [1.807, 2.05) is 0 Å². The minimum atomic E-state index is -0.302. The smallest absolute Gasteiger partial charge is 0.0791 e. The van der Waals surface area contributed by atoms with E-state index in [1.54, 1.807) is 11.3 Å². The van der Waals surface area contributed by atoms with Crippen LogP contribution in [0.25, 0.3) is 0 Å². The van der Waals surface area contributed by atoms with Crippen LogP contribution in [0.2, 0.25) is 0 Å². The normalized spacial score (nSPS) is 19.0. The molecule has 0 bridgehead atoms. The largest absolute Gasteiger partial charge is 0.390 e. The molecule has 18 heavy (non-hydrogen) atoms. The summed E-state index contributed by atoms with van der Waals surface area (Å²) in [4.78, 5) is 3.61. The summed E-state index contributed by atoms with van der Waals surface area (Å²) in [5, 5.41) is 15.4. The molecule has 0 amide bonds. The number of thiophene rings is 1. The van der Waals surface area contributed by atoms with E-state index < -0.39 is 0 Å². The van der Waals surface area contributed by atoms with Crippen molar-refractivity contribution in [1.82, 2.24) is 10.2 Å². The van der Waals surface area contributed by atoms with Crippen LogP contribution >= 0.6 is 11.3 Å². The highest BCUT2D eigenvalue weighted by molar-refractivity contribution is 7.10. The number of aliphatic hydroxyl groups is 1. The maximum Gasteiger partial charge on any atom is 0.0791 e. The minimum Gasteiger partial charge on any atom is -0.390 e. The predicted molar refractivity (Wildman–Crippen MR) is 74.0 cm³/mol. The van der Waals surface area contributed by atoms with E-state index >= 15 is 0 Å². The zero-order chi connectivity index (χ0) is 12.8. The Bertz CT molecular complexity index is 351. The fraction of sp³-hybridized carbons (Fsp3) is 0.692. The third-order valence-corrected chi connectivity index (χ3v) is 4.23. The maximum atomic E-state index is 9.96. The Balaban J connectivity index is 1.62. The van der Waals surface area contributed by atoms with Crippen molar-refractivity contribution in [2.24, 2.45) is 0 Å². The molecule has 2 heterocycles. The van der Waals surface area contributed by atoms with Gasteiger partial charge in [0.1, 0.15) is 0 Å². The SMILES string of the molecule is Cc1ccsc1CNCC(O)CN1CCOCC1. The van der Waals surface area contributed by atoms with Crippen LogP contribution in [-0.4, -0.2) is 55.5 Å². The van der Waals surface area contributed by atoms with Crippen molar-refractivity contribution in [3.8, 4) is 0 Å². The highest BCUT2D eigenvalue weighted by Gasteiger charge is 2.14. The van der Waals surface area contributed by atoms with Gasteiger partial charge in [-0.25, -0.2) is 0 Å². The average molecular weight is 270 g/mol. The molecule has 0 saturated carbocycles. The molecule has 1 atom stereocenters. The average Bonchev–Trinajstić information content (AvgIpc) is 2.76. The van der Waals surface area contributed by atoms with Gasteiger partial charge >= 0.3 is 0 Å². The van der Waals surface area contributed by atoms with Gasteiger partial charge in [-0.2, -0.15) is 0 Å². The number of hydrogen-bond donors (Lipinski definition) is 2. The molecule has 1 saturated heterocycles. The highest BCUT2D eigenvalue weighted by atomic mass is 32.1. The van der Waals surface area contributed by atoms with Crippen molar-refractivity contribution < 1.29 is 9.84 Å². The summed E-state index contributed by atoms with van der Waals surface area (Å²) in [7, 11) is 0. The fourth-order valence-corrected chi connectivity index (χ4v) is 2.96. The molecule has 1 aliphatic heterocycles. The van der Waals surface area contributed by atoms with Crippen LogP contribution in [0, 0.1) is 6.92 Å². The molecule has 1 aromatic rings. The van der Waals surface area contributed by atoms with Crippen molar-refractivity contribution in [2.45, 2.75) is 19.6 Å². The molecular weight excluding hydrogens is 248 g/mol. The Morgan fingerprint density at radius 3 is 2.94 bits per heavy atom. The van der Waals surface area contributed by atoms with Gasteiger partial charge in [0.2, 0.25) is 0 Å². The number of β-amino-alcohol motifs (C(OH)–C–C–N with tert-alkyl or cyclic N) is 1. The lowest BCUT2D eigenvalue weighted by Crippen LogP contribution is -2.43. The van der Waals surface area contributed by atoms with Crippen LogP contribution in [0.3, 0.4) is 0 Å². The molecule has 102 valence electrons. The van der Waals surface area contributed by atoms with Crippen molar-refractivity contribution >= 4 is 11.3 Å². The van der Waals surface area contributed by atoms with E-state index in [0.29, 0.717) is 6.54 Å². The Kier molecular flexibility index (Phi) is 5.59. The number of morpholine rings is 1. The Morgan fingerprint density at radius 2 is 2.28 bits per heavy atom. The number of aryl methyl sites for hydroxylation is 1. The summed E-state index contributed by atoms with van der Waals surface area (Å²) in [5.74, 6) is 0. The van der Waals surface area contributed by atoms with Gasteiger partial charge in [0, 0.05) is 37.6 Å². The number of rotatable bonds is 6. The lowest BCUT2D eigenvalue weighted by molar-refractivity contribution is 0.0149. The monoisotopic (exact) mass is 270 g/mol. The van der Waals surface area contributed by atoms with E-state index in [9.17, 15) is 5.11 Å². The second-order valence-electron chi connectivity index (χ2n) is 4.72. The van der Waals surface area contributed by atoms with Crippen molar-refractivity contribution in [2.75, 3.05) is 39.4 Å². The quantitative estimate of drug-likeness (QED) is 0.804. The van der Waals surface area contributed by atoms with Gasteiger partial charge in [-0.1, -0.05) is 0 Å². The molecule has 0 aliphatic carbocycles. The summed E-state index contributed by atoms with van der Waals surface area (Å²) in [6, 6.07) is 2.13. The van der Waals surface area contributed by atoms with Crippen molar-refractivity contribution in [3.63, 3.8) is 0 Å². The topological polar surface area (TPSA) is 44.7 Å². The third-order valence-electron chi connectivity index (χ3n) is 3.21. The molecule has 1 aromatic heterocycles. The van der Waals surface area contributed by atoms with Gasteiger partial charge in [0.15, 0.2) is 0 Å². The Morgan fingerprint density at radius 1 is 1.50 bits per heavy atom. The molecule has 0 radical (unpaired) electrons. The van der Waals surface area contributed by atoms with Crippen molar-refractivity contribution in [1.29, 1.82) is 0 Å². The predicted octanol–water partition coefficient (Wildman–Crippen LogP) is 0.839. The van der Waals surface area contributed by atoms with Gasteiger partial charge < -0.3 is 15.2 Å². The molecule has 1 fully saturated rings. The van der Waals surface area contributed by atoms with Crippen LogP contribution in [0.4, 0.5) is 0 Å². The highest BCUT2D eigenvalue weighted by Crippen LogP contribution is 2.14. The third kappa shape index (κ3) is 4.33. The molecule has 2 N–H and O–H groups in total. The number of nitrogens with zero attached hydrogens (tertiary/aromatic N) is 1. The standard InChI is InChI=1S/C13H22N2O2S/c1-11-2-7-18-13(11)9-14-8-12(16)10-15-3-5-17-6-4-15/h2,7,12,14,16H,3-6,8-10H2,1H3. The molecular formula is C13H22N2O2S. The lowest BCUT2D eigenvalue weighted by Gasteiger charge is -2.28. The molecule has 4 nitrogen and oxygen atoms in total. The van der Waals surface area contributed by atoms with E-state index in [2.05, 4.69) is 28.6 Å². The molecule has 0 aromatic carbocycles. The van der Waals surface area contributed by atoms with Gasteiger partial charge in [0.05, 0.1) is 19.3 Å². The van der Waals surface area contributed by atoms with E-state index in [4.69, 9.17) is 4.74 Å². The van der Waals surface area contributed by atoms with E-state index in [0.717, 1.165) is 39.4 Å². The molecule has 1 aliphatic rings. The van der Waals surface area contributed by atoms with E-state index in [1.165, 1.54) is 10.4 Å². The maximum absolute atomic E-state index is 9.96. The zero-order valence-corrected chi connectivity index (χ0v) is 11.7. The first-order valence-corrected chi connectivity index (χ1v) is 7.35. The summed E-state index contributed by atoms with van der Waals surface area (Å²) < 4.78 is 5.29. The fourth-order valence-electron chi connectivity index (χ4n) is 2.08. The van der Waals surface area contributed by atoms with Crippen LogP contribution < -0.4 is 5.32 Å². The molecule has 2 rings (SSSR count). The summed E-state index contributed by atoms with van der Waals surface area (Å²) in [6.45, 7) is 7.79. The summed E-state index contributed by atoms with van der Waals surface area (Å²) >= 11 is 1.77.